The monoisotopic (exact) mass is 484 g/mol. The molecule has 1 amide bonds. The van der Waals surface area contributed by atoms with Crippen LogP contribution in [0.1, 0.15) is 40.3 Å². The Kier molecular flexibility index (Phi) is 6.74. The van der Waals surface area contributed by atoms with Gasteiger partial charge in [-0.25, -0.2) is 4.39 Å². The van der Waals surface area contributed by atoms with Crippen LogP contribution in [0.15, 0.2) is 60.9 Å². The number of carbonyl (C=O) groups excluding carboxylic acids is 1. The van der Waals surface area contributed by atoms with Gasteiger partial charge in [0, 0.05) is 41.6 Å². The zero-order valence-electron chi connectivity index (χ0n) is 19.8. The highest BCUT2D eigenvalue weighted by Gasteiger charge is 2.11. The van der Waals surface area contributed by atoms with Crippen LogP contribution >= 0.6 is 0 Å². The van der Waals surface area contributed by atoms with Gasteiger partial charge in [0.1, 0.15) is 5.82 Å². The van der Waals surface area contributed by atoms with E-state index < -0.39 is 0 Å². The van der Waals surface area contributed by atoms with Crippen LogP contribution in [0.4, 0.5) is 4.39 Å². The van der Waals surface area contributed by atoms with E-state index in [4.69, 9.17) is 0 Å². The second-order valence-corrected chi connectivity index (χ2v) is 8.65. The van der Waals surface area contributed by atoms with Gasteiger partial charge in [0.2, 0.25) is 0 Å². The molecular weight excluding hydrogens is 459 g/mol. The van der Waals surface area contributed by atoms with Gasteiger partial charge in [0.05, 0.1) is 11.9 Å². The van der Waals surface area contributed by atoms with Crippen LogP contribution < -0.4 is 5.32 Å². The summed E-state index contributed by atoms with van der Waals surface area (Å²) in [6.45, 7) is 2.95. The third kappa shape index (κ3) is 5.60. The van der Waals surface area contributed by atoms with Gasteiger partial charge < -0.3 is 10.3 Å². The molecule has 0 spiro atoms. The number of rotatable bonds is 9. The quantitative estimate of drug-likeness (QED) is 0.306. The molecule has 10 heteroatoms. The lowest BCUT2D eigenvalue weighted by molar-refractivity contribution is 0.0945. The summed E-state index contributed by atoms with van der Waals surface area (Å²) in [5.41, 5.74) is 5.27. The number of carbonyl (C=O) groups is 1. The summed E-state index contributed by atoms with van der Waals surface area (Å²) in [7, 11) is 0. The number of hydrogen-bond acceptors (Lipinski definition) is 6. The molecule has 182 valence electrons. The highest BCUT2D eigenvalue weighted by Crippen LogP contribution is 2.24. The predicted octanol–water partition coefficient (Wildman–Crippen LogP) is 4.01. The third-order valence-corrected chi connectivity index (χ3v) is 5.83. The van der Waals surface area contributed by atoms with Crippen molar-refractivity contribution >= 4 is 16.9 Å². The molecule has 0 aliphatic carbocycles. The summed E-state index contributed by atoms with van der Waals surface area (Å²) in [4.78, 5) is 19.8. The van der Waals surface area contributed by atoms with Gasteiger partial charge in [-0.15, -0.1) is 10.2 Å². The highest BCUT2D eigenvalue weighted by molar-refractivity contribution is 5.91. The van der Waals surface area contributed by atoms with Crippen LogP contribution in [0.3, 0.4) is 0 Å². The van der Waals surface area contributed by atoms with E-state index in [1.807, 2.05) is 37.3 Å². The van der Waals surface area contributed by atoms with E-state index in [2.05, 4.69) is 35.8 Å². The summed E-state index contributed by atoms with van der Waals surface area (Å²) in [5, 5.41) is 20.4. The number of aryl methyl sites for hydroxylation is 3. The molecule has 0 radical (unpaired) electrons. The number of fused-ring (bicyclic) bond motifs is 1. The van der Waals surface area contributed by atoms with Crippen LogP contribution in [-0.4, -0.2) is 41.1 Å². The van der Waals surface area contributed by atoms with Gasteiger partial charge in [-0.2, -0.15) is 5.10 Å². The first kappa shape index (κ1) is 23.3. The largest absolute Gasteiger partial charge is 0.346 e. The van der Waals surface area contributed by atoms with Crippen LogP contribution in [-0.2, 0) is 19.5 Å². The molecule has 2 N–H and O–H groups in total. The number of aromatic amines is 1. The molecule has 0 fully saturated rings. The molecule has 4 heterocycles. The van der Waals surface area contributed by atoms with Crippen molar-refractivity contribution < 1.29 is 9.18 Å². The molecule has 4 aromatic heterocycles. The van der Waals surface area contributed by atoms with Crippen molar-refractivity contribution in [2.45, 2.75) is 39.3 Å². The molecule has 0 aliphatic heterocycles. The highest BCUT2D eigenvalue weighted by atomic mass is 19.1. The molecule has 36 heavy (non-hydrogen) atoms. The lowest BCUT2D eigenvalue weighted by atomic mass is 10.1. The number of nitrogens with zero attached hydrogens (tertiary/aromatic N) is 6. The van der Waals surface area contributed by atoms with Crippen molar-refractivity contribution in [2.24, 2.45) is 0 Å². The van der Waals surface area contributed by atoms with Crippen LogP contribution in [0.2, 0.25) is 0 Å². The zero-order chi connectivity index (χ0) is 24.9. The average molecular weight is 485 g/mol. The smallest absolute Gasteiger partial charge is 0.273 e. The summed E-state index contributed by atoms with van der Waals surface area (Å²) in [6, 6.07) is 14.2. The Balaban J connectivity index is 1.10. The van der Waals surface area contributed by atoms with Gasteiger partial charge in [0.15, 0.2) is 11.3 Å². The lowest BCUT2D eigenvalue weighted by Crippen LogP contribution is -2.23. The average Bonchev–Trinajstić information content (AvgIpc) is 3.53. The molecule has 5 aromatic rings. The van der Waals surface area contributed by atoms with Gasteiger partial charge >= 0.3 is 0 Å². The Labute approximate surface area is 206 Å². The third-order valence-electron chi connectivity index (χ3n) is 5.83. The van der Waals surface area contributed by atoms with Gasteiger partial charge in [-0.1, -0.05) is 23.4 Å². The Bertz CT molecular complexity index is 1490. The second kappa shape index (κ2) is 10.4. The Morgan fingerprint density at radius 3 is 2.83 bits per heavy atom. The molecule has 0 saturated heterocycles. The van der Waals surface area contributed by atoms with E-state index in [9.17, 15) is 9.18 Å². The van der Waals surface area contributed by atoms with E-state index in [1.54, 1.807) is 23.1 Å². The van der Waals surface area contributed by atoms with Crippen LogP contribution in [0, 0.1) is 12.7 Å². The van der Waals surface area contributed by atoms with E-state index in [-0.39, 0.29) is 17.4 Å². The number of hydrogen-bond donors (Lipinski definition) is 2. The fourth-order valence-electron chi connectivity index (χ4n) is 3.88. The maximum absolute atomic E-state index is 13.5. The summed E-state index contributed by atoms with van der Waals surface area (Å²) in [6.07, 6.45) is 5.89. The first-order valence-electron chi connectivity index (χ1n) is 11.7. The fraction of sp³-hybridized carbons (Fsp3) is 0.231. The number of aromatic nitrogens is 7. The zero-order valence-corrected chi connectivity index (χ0v) is 19.8. The normalized spacial score (nSPS) is 11.2. The van der Waals surface area contributed by atoms with Crippen LogP contribution in [0.25, 0.3) is 22.3 Å². The molecule has 5 rings (SSSR count). The van der Waals surface area contributed by atoms with Crippen LogP contribution in [0.5, 0.6) is 0 Å². The maximum Gasteiger partial charge on any atom is 0.273 e. The number of benzene rings is 1. The molecule has 0 unspecified atom stereocenters. The summed E-state index contributed by atoms with van der Waals surface area (Å²) < 4.78 is 15.2. The summed E-state index contributed by atoms with van der Waals surface area (Å²) in [5.74, 6) is -0.549. The van der Waals surface area contributed by atoms with E-state index in [0.29, 0.717) is 18.7 Å². The van der Waals surface area contributed by atoms with Crippen molar-refractivity contribution in [1.29, 1.82) is 0 Å². The molecule has 0 aliphatic rings. The Morgan fingerprint density at radius 1 is 1.08 bits per heavy atom. The maximum atomic E-state index is 13.5. The Morgan fingerprint density at radius 2 is 2.00 bits per heavy atom. The van der Waals surface area contributed by atoms with Crippen molar-refractivity contribution in [2.75, 3.05) is 0 Å². The first-order chi connectivity index (χ1) is 17.5. The second-order valence-electron chi connectivity index (χ2n) is 8.65. The number of amides is 1. The van der Waals surface area contributed by atoms with Crippen molar-refractivity contribution in [3.8, 4) is 11.3 Å². The fourth-order valence-corrected chi connectivity index (χ4v) is 3.88. The number of pyridine rings is 1. The molecule has 0 atom stereocenters. The van der Waals surface area contributed by atoms with Gasteiger partial charge in [-0.05, 0) is 62.1 Å². The van der Waals surface area contributed by atoms with E-state index in [1.165, 1.54) is 12.1 Å². The number of halogens is 1. The number of H-pyrrole nitrogens is 1. The number of unbranched alkanes of at least 4 members (excludes halogenated alkanes) is 1. The standard InChI is InChI=1S/C26H25FN8O/c1-17-8-9-18(14-28-17)15-29-26(36)24-16-35(34-32-24)10-3-2-7-22-12-20-13-23(30-25(20)33-31-22)19-5-4-6-21(27)11-19/h4-6,8-9,11-14,16H,2-3,7,10,15H2,1H3,(H,29,36)(H,30,33). The minimum absolute atomic E-state index is 0.269. The molecule has 0 bridgehead atoms. The lowest BCUT2D eigenvalue weighted by Gasteiger charge is -2.03. The topological polar surface area (TPSA) is 114 Å². The van der Waals surface area contributed by atoms with Gasteiger partial charge in [-0.3, -0.25) is 14.5 Å². The predicted molar refractivity (Wildman–Crippen MR) is 132 cm³/mol. The minimum Gasteiger partial charge on any atom is -0.346 e. The molecular formula is C26H25FN8O. The molecule has 1 aromatic carbocycles. The molecule has 0 saturated carbocycles. The van der Waals surface area contributed by atoms with Crippen molar-refractivity contribution in [1.82, 2.24) is 40.5 Å². The minimum atomic E-state index is -0.280. The SMILES string of the molecule is Cc1ccc(CNC(=O)c2cn(CCCCc3cc4cc(-c5cccc(F)c5)[nH]c4nn3)nn2)cn1. The Hall–Kier alpha value is -4.47. The first-order valence-corrected chi connectivity index (χ1v) is 11.7. The van der Waals surface area contributed by atoms with E-state index in [0.717, 1.165) is 52.9 Å². The number of nitrogens with one attached hydrogen (secondary N) is 2. The summed E-state index contributed by atoms with van der Waals surface area (Å²) >= 11 is 0. The van der Waals surface area contributed by atoms with Crippen molar-refractivity contribution in [3.05, 3.63) is 89.4 Å². The van der Waals surface area contributed by atoms with E-state index >= 15 is 0 Å². The van der Waals surface area contributed by atoms with Crippen molar-refractivity contribution in [3.63, 3.8) is 0 Å². The van der Waals surface area contributed by atoms with Gasteiger partial charge in [0.25, 0.3) is 5.91 Å². The molecule has 9 nitrogen and oxygen atoms in total.